The SMILES string of the molecule is Cc1c([C@H](C)C(=O)OC(C)C)c2cc(O)ccc2n1C(=O)c1ccc(Cl)c(F)c1. The van der Waals surface area contributed by atoms with Crippen molar-refractivity contribution < 1.29 is 23.8 Å². The van der Waals surface area contributed by atoms with Gasteiger partial charge in [0.25, 0.3) is 5.91 Å². The molecule has 1 N–H and O–H groups in total. The number of phenols is 1. The third kappa shape index (κ3) is 3.85. The second-order valence-electron chi connectivity index (χ2n) is 7.18. The van der Waals surface area contributed by atoms with E-state index in [4.69, 9.17) is 16.3 Å². The number of aromatic hydroxyl groups is 1. The highest BCUT2D eigenvalue weighted by Gasteiger charge is 2.28. The van der Waals surface area contributed by atoms with Crippen LogP contribution in [-0.2, 0) is 9.53 Å². The summed E-state index contributed by atoms with van der Waals surface area (Å²) in [5, 5.41) is 10.4. The third-order valence-electron chi connectivity index (χ3n) is 4.74. The van der Waals surface area contributed by atoms with Gasteiger partial charge in [0.15, 0.2) is 0 Å². The number of rotatable bonds is 4. The number of fused-ring (bicyclic) bond motifs is 1. The predicted molar refractivity (Wildman–Crippen MR) is 109 cm³/mol. The topological polar surface area (TPSA) is 68.5 Å². The third-order valence-corrected chi connectivity index (χ3v) is 5.05. The average Bonchev–Trinajstić information content (AvgIpc) is 2.93. The van der Waals surface area contributed by atoms with Crippen molar-refractivity contribution in [2.24, 2.45) is 0 Å². The lowest BCUT2D eigenvalue weighted by Crippen LogP contribution is -2.19. The van der Waals surface area contributed by atoms with Crippen LogP contribution in [0.15, 0.2) is 36.4 Å². The summed E-state index contributed by atoms with van der Waals surface area (Å²) in [5.74, 6) is -2.26. The van der Waals surface area contributed by atoms with Crippen molar-refractivity contribution >= 4 is 34.4 Å². The average molecular weight is 418 g/mol. The maximum atomic E-state index is 13.9. The van der Waals surface area contributed by atoms with Gasteiger partial charge in [-0.15, -0.1) is 0 Å². The fourth-order valence-electron chi connectivity index (χ4n) is 3.45. The van der Waals surface area contributed by atoms with Gasteiger partial charge in [-0.05, 0) is 69.7 Å². The van der Waals surface area contributed by atoms with E-state index in [0.29, 0.717) is 22.2 Å². The fraction of sp³-hybridized carbons (Fsp3) is 0.273. The number of hydrogen-bond acceptors (Lipinski definition) is 4. The van der Waals surface area contributed by atoms with E-state index in [1.54, 1.807) is 33.8 Å². The molecule has 0 aliphatic heterocycles. The molecular formula is C22H21ClFNO4. The van der Waals surface area contributed by atoms with Crippen molar-refractivity contribution in [2.45, 2.75) is 39.7 Å². The first-order chi connectivity index (χ1) is 13.6. The standard InChI is InChI=1S/C22H21ClFNO4/c1-11(2)29-22(28)12(3)20-13(4)25(19-8-6-15(26)10-16(19)20)21(27)14-5-7-17(23)18(24)9-14/h5-12,26H,1-4H3/t12-/m0/s1. The highest BCUT2D eigenvalue weighted by molar-refractivity contribution is 6.30. The molecule has 152 valence electrons. The van der Waals surface area contributed by atoms with E-state index in [1.807, 2.05) is 0 Å². The first-order valence-corrected chi connectivity index (χ1v) is 9.53. The van der Waals surface area contributed by atoms with Gasteiger partial charge in [-0.25, -0.2) is 4.39 Å². The second-order valence-corrected chi connectivity index (χ2v) is 7.58. The van der Waals surface area contributed by atoms with Crippen molar-refractivity contribution in [3.8, 4) is 5.75 Å². The van der Waals surface area contributed by atoms with E-state index in [1.165, 1.54) is 28.8 Å². The van der Waals surface area contributed by atoms with Crippen LogP contribution in [0.3, 0.4) is 0 Å². The lowest BCUT2D eigenvalue weighted by atomic mass is 9.98. The number of hydrogen-bond donors (Lipinski definition) is 1. The summed E-state index contributed by atoms with van der Waals surface area (Å²) >= 11 is 5.72. The van der Waals surface area contributed by atoms with Gasteiger partial charge in [-0.2, -0.15) is 0 Å². The van der Waals surface area contributed by atoms with E-state index >= 15 is 0 Å². The zero-order valence-electron chi connectivity index (χ0n) is 16.5. The number of ether oxygens (including phenoxy) is 1. The lowest BCUT2D eigenvalue weighted by molar-refractivity contribution is -0.148. The maximum Gasteiger partial charge on any atom is 0.313 e. The van der Waals surface area contributed by atoms with Crippen LogP contribution in [0.25, 0.3) is 10.9 Å². The van der Waals surface area contributed by atoms with Crippen LogP contribution in [-0.4, -0.2) is 27.7 Å². The van der Waals surface area contributed by atoms with E-state index in [2.05, 4.69) is 0 Å². The number of esters is 1. The zero-order chi connectivity index (χ0) is 21.5. The van der Waals surface area contributed by atoms with Gasteiger partial charge in [0, 0.05) is 16.6 Å². The van der Waals surface area contributed by atoms with Gasteiger partial charge in [-0.1, -0.05) is 11.6 Å². The van der Waals surface area contributed by atoms with E-state index in [0.717, 1.165) is 6.07 Å². The number of phenolic OH excluding ortho intramolecular Hbond substituents is 1. The summed E-state index contributed by atoms with van der Waals surface area (Å²) < 4.78 is 20.6. The van der Waals surface area contributed by atoms with Crippen LogP contribution in [0.4, 0.5) is 4.39 Å². The summed E-state index contributed by atoms with van der Waals surface area (Å²) in [6.45, 7) is 6.90. The van der Waals surface area contributed by atoms with E-state index < -0.39 is 23.6 Å². The number of nitrogens with zero attached hydrogens (tertiary/aromatic N) is 1. The molecule has 1 aromatic heterocycles. The first-order valence-electron chi connectivity index (χ1n) is 9.16. The molecule has 1 atom stereocenters. The number of benzene rings is 2. The van der Waals surface area contributed by atoms with Crippen LogP contribution in [0, 0.1) is 12.7 Å². The van der Waals surface area contributed by atoms with Gasteiger partial charge in [0.1, 0.15) is 11.6 Å². The predicted octanol–water partition coefficient (Wildman–Crippen LogP) is 5.19. The summed E-state index contributed by atoms with van der Waals surface area (Å²) in [6, 6.07) is 8.38. The number of carbonyl (C=O) groups excluding carboxylic acids is 2. The van der Waals surface area contributed by atoms with Gasteiger partial charge in [0.05, 0.1) is 22.6 Å². The van der Waals surface area contributed by atoms with Gasteiger partial charge < -0.3 is 9.84 Å². The Hall–Kier alpha value is -2.86. The fourth-order valence-corrected chi connectivity index (χ4v) is 3.57. The Morgan fingerprint density at radius 2 is 1.83 bits per heavy atom. The minimum Gasteiger partial charge on any atom is -0.508 e. The van der Waals surface area contributed by atoms with Crippen LogP contribution in [0.2, 0.25) is 5.02 Å². The maximum absolute atomic E-state index is 13.9. The molecule has 0 aliphatic carbocycles. The summed E-state index contributed by atoms with van der Waals surface area (Å²) in [4.78, 5) is 25.7. The van der Waals surface area contributed by atoms with Crippen LogP contribution in [0.5, 0.6) is 5.75 Å². The Morgan fingerprint density at radius 3 is 2.45 bits per heavy atom. The molecule has 7 heteroatoms. The highest BCUT2D eigenvalue weighted by atomic mass is 35.5. The minimum atomic E-state index is -0.696. The van der Waals surface area contributed by atoms with Crippen molar-refractivity contribution in [1.82, 2.24) is 4.57 Å². The van der Waals surface area contributed by atoms with Gasteiger partial charge in [0.2, 0.25) is 0 Å². The van der Waals surface area contributed by atoms with Gasteiger partial charge in [-0.3, -0.25) is 14.2 Å². The smallest absolute Gasteiger partial charge is 0.313 e. The molecule has 0 saturated carbocycles. The normalized spacial score (nSPS) is 12.4. The molecule has 0 fully saturated rings. The highest BCUT2D eigenvalue weighted by Crippen LogP contribution is 2.35. The number of aromatic nitrogens is 1. The van der Waals surface area contributed by atoms with Crippen molar-refractivity contribution in [3.63, 3.8) is 0 Å². The Labute approximate surface area is 172 Å². The van der Waals surface area contributed by atoms with E-state index in [-0.39, 0.29) is 22.4 Å². The molecule has 2 aromatic carbocycles. The van der Waals surface area contributed by atoms with Crippen molar-refractivity contribution in [2.75, 3.05) is 0 Å². The molecule has 0 amide bonds. The number of halogens is 2. The summed E-state index contributed by atoms with van der Waals surface area (Å²) in [7, 11) is 0. The zero-order valence-corrected chi connectivity index (χ0v) is 17.2. The van der Waals surface area contributed by atoms with Crippen LogP contribution in [0.1, 0.15) is 48.3 Å². The summed E-state index contributed by atoms with van der Waals surface area (Å²) in [6.07, 6.45) is -0.286. The molecule has 0 radical (unpaired) electrons. The molecule has 0 spiro atoms. The molecule has 3 rings (SSSR count). The molecule has 1 heterocycles. The Balaban J connectivity index is 2.20. The van der Waals surface area contributed by atoms with Gasteiger partial charge >= 0.3 is 5.97 Å². The van der Waals surface area contributed by atoms with Crippen LogP contribution < -0.4 is 0 Å². The molecule has 0 unspecified atom stereocenters. The molecule has 3 aromatic rings. The molecule has 5 nitrogen and oxygen atoms in total. The molecule has 0 bridgehead atoms. The Bertz CT molecular complexity index is 1120. The van der Waals surface area contributed by atoms with Crippen molar-refractivity contribution in [1.29, 1.82) is 0 Å². The number of carbonyl (C=O) groups is 2. The lowest BCUT2D eigenvalue weighted by Gasteiger charge is -2.15. The quantitative estimate of drug-likeness (QED) is 0.593. The van der Waals surface area contributed by atoms with E-state index in [9.17, 15) is 19.1 Å². The van der Waals surface area contributed by atoms with Crippen LogP contribution >= 0.6 is 11.6 Å². The largest absolute Gasteiger partial charge is 0.508 e. The molecule has 29 heavy (non-hydrogen) atoms. The monoisotopic (exact) mass is 417 g/mol. The first kappa shape index (κ1) is 20.9. The summed E-state index contributed by atoms with van der Waals surface area (Å²) in [5.41, 5.74) is 1.70. The Morgan fingerprint density at radius 1 is 1.14 bits per heavy atom. The molecular weight excluding hydrogens is 397 g/mol. The molecule has 0 saturated heterocycles. The molecule has 0 aliphatic rings. The second kappa shape index (κ2) is 7.87. The van der Waals surface area contributed by atoms with Crippen molar-refractivity contribution in [3.05, 3.63) is 64.1 Å². The minimum absolute atomic E-state index is 0.00492. The Kier molecular flexibility index (Phi) is 5.66.